The molecule has 0 radical (unpaired) electrons. The van der Waals surface area contributed by atoms with Crippen LogP contribution in [0.4, 0.5) is 9.80 Å². The fourth-order valence-corrected chi connectivity index (χ4v) is 2.64. The number of hydrogen-bond acceptors (Lipinski definition) is 3. The average molecular weight is 275 g/mol. The predicted molar refractivity (Wildman–Crippen MR) is 76.4 cm³/mol. The van der Waals surface area contributed by atoms with Crippen LogP contribution in [0.15, 0.2) is 36.4 Å². The summed E-state index contributed by atoms with van der Waals surface area (Å²) < 4.78 is 0. The van der Waals surface area contributed by atoms with E-state index in [-0.39, 0.29) is 6.03 Å². The third-order valence-corrected chi connectivity index (χ3v) is 3.61. The minimum atomic E-state index is -0.565. The molecule has 6 heteroatoms. The molecule has 0 aliphatic rings. The Bertz CT molecular complexity index is 608. The van der Waals surface area contributed by atoms with Crippen molar-refractivity contribution >= 4 is 28.3 Å². The van der Waals surface area contributed by atoms with Gasteiger partial charge < -0.3 is 11.1 Å². The highest BCUT2D eigenvalue weighted by Gasteiger charge is 2.16. The van der Waals surface area contributed by atoms with Crippen LogP contribution < -0.4 is 16.4 Å². The van der Waals surface area contributed by atoms with Crippen LogP contribution in [-0.2, 0) is 0 Å². The Labute approximate surface area is 114 Å². The van der Waals surface area contributed by atoms with Gasteiger partial charge in [0.05, 0.1) is 5.56 Å². The third-order valence-electron chi connectivity index (χ3n) is 2.51. The summed E-state index contributed by atoms with van der Waals surface area (Å²) >= 11 is 1.31. The molecule has 0 saturated carbocycles. The smallest absolute Gasteiger partial charge is 0.319 e. The van der Waals surface area contributed by atoms with Crippen molar-refractivity contribution in [1.29, 1.82) is 0 Å². The summed E-state index contributed by atoms with van der Waals surface area (Å²) in [7, 11) is 1.50. The Morgan fingerprint density at radius 3 is 2.47 bits per heavy atom. The number of urea groups is 1. The molecule has 19 heavy (non-hydrogen) atoms. The molecule has 0 aliphatic carbocycles. The molecule has 0 spiro atoms. The molecule has 0 aliphatic heterocycles. The fourth-order valence-electron chi connectivity index (χ4n) is 1.58. The van der Waals surface area contributed by atoms with E-state index in [4.69, 9.17) is 5.73 Å². The van der Waals surface area contributed by atoms with Crippen molar-refractivity contribution in [2.45, 2.75) is 0 Å². The van der Waals surface area contributed by atoms with Gasteiger partial charge in [0.15, 0.2) is 0 Å². The first kappa shape index (κ1) is 13.1. The van der Waals surface area contributed by atoms with Crippen LogP contribution in [0.3, 0.4) is 0 Å². The van der Waals surface area contributed by atoms with E-state index in [1.165, 1.54) is 18.4 Å². The SMILES string of the molecule is CNC(=O)Nc1sc(-c2ccccc2)cc1C(N)=O. The van der Waals surface area contributed by atoms with Gasteiger partial charge in [-0.3, -0.25) is 10.1 Å². The third kappa shape index (κ3) is 2.92. The predicted octanol–water partition coefficient (Wildman–Crippen LogP) is 2.27. The number of benzene rings is 1. The first-order valence-corrected chi connectivity index (χ1v) is 6.41. The highest BCUT2D eigenvalue weighted by atomic mass is 32.1. The summed E-state index contributed by atoms with van der Waals surface area (Å²) in [4.78, 5) is 23.6. The van der Waals surface area contributed by atoms with E-state index in [0.717, 1.165) is 10.4 Å². The highest BCUT2D eigenvalue weighted by Crippen LogP contribution is 2.35. The van der Waals surface area contributed by atoms with Gasteiger partial charge in [-0.25, -0.2) is 4.79 Å². The van der Waals surface area contributed by atoms with Crippen molar-refractivity contribution in [3.63, 3.8) is 0 Å². The maximum absolute atomic E-state index is 11.4. The maximum Gasteiger partial charge on any atom is 0.319 e. The van der Waals surface area contributed by atoms with Crippen molar-refractivity contribution in [2.24, 2.45) is 5.73 Å². The molecule has 5 nitrogen and oxygen atoms in total. The largest absolute Gasteiger partial charge is 0.366 e. The van der Waals surface area contributed by atoms with Crippen LogP contribution in [-0.4, -0.2) is 19.0 Å². The number of nitrogens with two attached hydrogens (primary N) is 1. The fraction of sp³-hybridized carbons (Fsp3) is 0.0769. The number of amides is 3. The van der Waals surface area contributed by atoms with Crippen molar-refractivity contribution < 1.29 is 9.59 Å². The maximum atomic E-state index is 11.4. The number of primary amides is 1. The Morgan fingerprint density at radius 1 is 1.21 bits per heavy atom. The number of carbonyl (C=O) groups is 2. The van der Waals surface area contributed by atoms with Crippen molar-refractivity contribution in [3.05, 3.63) is 42.0 Å². The van der Waals surface area contributed by atoms with Crippen LogP contribution in [0.5, 0.6) is 0 Å². The molecule has 1 aromatic carbocycles. The molecule has 0 bridgehead atoms. The van der Waals surface area contributed by atoms with Gasteiger partial charge in [0.1, 0.15) is 5.00 Å². The van der Waals surface area contributed by atoms with Gasteiger partial charge in [-0.1, -0.05) is 30.3 Å². The summed E-state index contributed by atoms with van der Waals surface area (Å²) in [5, 5.41) is 5.48. The second-order valence-electron chi connectivity index (χ2n) is 3.79. The van der Waals surface area contributed by atoms with E-state index in [1.54, 1.807) is 6.07 Å². The molecule has 0 saturated heterocycles. The van der Waals surface area contributed by atoms with E-state index >= 15 is 0 Å². The Kier molecular flexibility index (Phi) is 3.82. The topological polar surface area (TPSA) is 84.2 Å². The van der Waals surface area contributed by atoms with Gasteiger partial charge in [-0.2, -0.15) is 0 Å². The Balaban J connectivity index is 2.41. The molecular weight excluding hydrogens is 262 g/mol. The van der Waals surface area contributed by atoms with E-state index in [2.05, 4.69) is 10.6 Å². The van der Waals surface area contributed by atoms with Crippen molar-refractivity contribution in [1.82, 2.24) is 5.32 Å². The lowest BCUT2D eigenvalue weighted by Crippen LogP contribution is -2.25. The molecule has 2 rings (SSSR count). The summed E-state index contributed by atoms with van der Waals surface area (Å²) in [5.41, 5.74) is 6.60. The van der Waals surface area contributed by atoms with Gasteiger partial charge >= 0.3 is 6.03 Å². The summed E-state index contributed by atoms with van der Waals surface area (Å²) in [6.45, 7) is 0. The van der Waals surface area contributed by atoms with Gasteiger partial charge in [0.25, 0.3) is 5.91 Å². The van der Waals surface area contributed by atoms with Gasteiger partial charge in [0, 0.05) is 11.9 Å². The van der Waals surface area contributed by atoms with Crippen LogP contribution in [0, 0.1) is 0 Å². The molecule has 98 valence electrons. The van der Waals surface area contributed by atoms with Crippen LogP contribution in [0.2, 0.25) is 0 Å². The highest BCUT2D eigenvalue weighted by molar-refractivity contribution is 7.20. The molecular formula is C13H13N3O2S. The molecule has 0 unspecified atom stereocenters. The molecule has 0 atom stereocenters. The molecule has 4 N–H and O–H groups in total. The van der Waals surface area contributed by atoms with E-state index in [9.17, 15) is 9.59 Å². The molecule has 1 heterocycles. The molecule has 2 aromatic rings. The summed E-state index contributed by atoms with van der Waals surface area (Å²) in [5.74, 6) is -0.565. The summed E-state index contributed by atoms with van der Waals surface area (Å²) in [6, 6.07) is 10.9. The Morgan fingerprint density at radius 2 is 1.89 bits per heavy atom. The quantitative estimate of drug-likeness (QED) is 0.802. The second-order valence-corrected chi connectivity index (χ2v) is 4.84. The normalized spacial score (nSPS) is 9.95. The number of anilines is 1. The number of hydrogen-bond donors (Lipinski definition) is 3. The molecule has 1 aromatic heterocycles. The number of carbonyl (C=O) groups excluding carboxylic acids is 2. The first-order valence-electron chi connectivity index (χ1n) is 5.59. The van der Waals surface area contributed by atoms with Gasteiger partial charge in [-0.15, -0.1) is 11.3 Å². The number of nitrogens with one attached hydrogen (secondary N) is 2. The number of rotatable bonds is 3. The summed E-state index contributed by atoms with van der Waals surface area (Å²) in [6.07, 6.45) is 0. The van der Waals surface area contributed by atoms with Crippen molar-refractivity contribution in [2.75, 3.05) is 12.4 Å². The van der Waals surface area contributed by atoms with Crippen molar-refractivity contribution in [3.8, 4) is 10.4 Å². The Hall–Kier alpha value is -2.34. The first-order chi connectivity index (χ1) is 9.11. The monoisotopic (exact) mass is 275 g/mol. The second kappa shape index (κ2) is 5.53. The van der Waals surface area contributed by atoms with Crippen LogP contribution >= 0.6 is 11.3 Å². The number of thiophene rings is 1. The van der Waals surface area contributed by atoms with Gasteiger partial charge in [0.2, 0.25) is 0 Å². The minimum absolute atomic E-state index is 0.312. The lowest BCUT2D eigenvalue weighted by atomic mass is 10.1. The van der Waals surface area contributed by atoms with Crippen LogP contribution in [0.25, 0.3) is 10.4 Å². The van der Waals surface area contributed by atoms with Crippen LogP contribution in [0.1, 0.15) is 10.4 Å². The lowest BCUT2D eigenvalue weighted by molar-refractivity contribution is 0.100. The van der Waals surface area contributed by atoms with E-state index < -0.39 is 5.91 Å². The lowest BCUT2D eigenvalue weighted by Gasteiger charge is -2.02. The molecule has 0 fully saturated rings. The van der Waals surface area contributed by atoms with E-state index in [1.807, 2.05) is 30.3 Å². The van der Waals surface area contributed by atoms with Gasteiger partial charge in [-0.05, 0) is 11.6 Å². The average Bonchev–Trinajstić information content (AvgIpc) is 2.83. The zero-order valence-corrected chi connectivity index (χ0v) is 11.1. The molecule has 3 amide bonds. The minimum Gasteiger partial charge on any atom is -0.366 e. The standard InChI is InChI=1S/C13H13N3O2S/c1-15-13(18)16-12-9(11(14)17)7-10(19-12)8-5-3-2-4-6-8/h2-7H,1H3,(H2,14,17)(H2,15,16,18). The zero-order chi connectivity index (χ0) is 13.8. The van der Waals surface area contributed by atoms with E-state index in [0.29, 0.717) is 10.6 Å². The zero-order valence-electron chi connectivity index (χ0n) is 10.3.